The van der Waals surface area contributed by atoms with E-state index in [9.17, 15) is 9.59 Å². The highest BCUT2D eigenvalue weighted by Crippen LogP contribution is 2.29. The molecule has 0 spiro atoms. The second-order valence-electron chi connectivity index (χ2n) is 6.76. The second kappa shape index (κ2) is 10.5. The van der Waals surface area contributed by atoms with Crippen molar-refractivity contribution in [1.29, 1.82) is 0 Å². The SMILES string of the molecule is CCOC(=O)c1ccccc1NC(=O)C[NH+](C)Cc1cc(OC)c(OC)cc1C. The average Bonchev–Trinajstić information content (AvgIpc) is 2.69. The second-order valence-corrected chi connectivity index (χ2v) is 6.76. The monoisotopic (exact) mass is 401 g/mol. The van der Waals surface area contributed by atoms with Gasteiger partial charge in [-0.15, -0.1) is 0 Å². The number of hydrogen-bond donors (Lipinski definition) is 2. The fourth-order valence-electron chi connectivity index (χ4n) is 3.05. The van der Waals surface area contributed by atoms with Crippen molar-refractivity contribution >= 4 is 17.6 Å². The zero-order valence-corrected chi connectivity index (χ0v) is 17.6. The van der Waals surface area contributed by atoms with Crippen molar-refractivity contribution in [2.24, 2.45) is 0 Å². The number of quaternary nitrogens is 1. The number of amides is 1. The van der Waals surface area contributed by atoms with E-state index in [0.29, 0.717) is 29.3 Å². The van der Waals surface area contributed by atoms with Crippen molar-refractivity contribution in [1.82, 2.24) is 0 Å². The number of rotatable bonds is 9. The number of carbonyl (C=O) groups excluding carboxylic acids is 2. The van der Waals surface area contributed by atoms with E-state index in [4.69, 9.17) is 14.2 Å². The fraction of sp³-hybridized carbons (Fsp3) is 0.364. The van der Waals surface area contributed by atoms with E-state index in [0.717, 1.165) is 16.0 Å². The maximum Gasteiger partial charge on any atom is 0.340 e. The molecular weight excluding hydrogens is 372 g/mol. The molecule has 0 aliphatic heterocycles. The highest BCUT2D eigenvalue weighted by molar-refractivity contribution is 6.01. The lowest BCUT2D eigenvalue weighted by molar-refractivity contribution is -0.885. The molecule has 7 heteroatoms. The molecule has 0 aliphatic rings. The van der Waals surface area contributed by atoms with Crippen LogP contribution in [0, 0.1) is 6.92 Å². The van der Waals surface area contributed by atoms with Gasteiger partial charge in [0.15, 0.2) is 18.0 Å². The van der Waals surface area contributed by atoms with Gasteiger partial charge in [-0.25, -0.2) is 4.79 Å². The Morgan fingerprint density at radius 1 is 1.07 bits per heavy atom. The summed E-state index contributed by atoms with van der Waals surface area (Å²) in [7, 11) is 5.14. The van der Waals surface area contributed by atoms with Crippen LogP contribution in [-0.4, -0.2) is 46.3 Å². The first-order valence-electron chi connectivity index (χ1n) is 9.48. The number of aryl methyl sites for hydroxylation is 1. The van der Waals surface area contributed by atoms with Gasteiger partial charge in [0.05, 0.1) is 39.1 Å². The van der Waals surface area contributed by atoms with Crippen LogP contribution in [0.1, 0.15) is 28.4 Å². The molecule has 0 heterocycles. The Morgan fingerprint density at radius 3 is 2.38 bits per heavy atom. The van der Waals surface area contributed by atoms with Gasteiger partial charge < -0.3 is 24.4 Å². The lowest BCUT2D eigenvalue weighted by atomic mass is 10.1. The summed E-state index contributed by atoms with van der Waals surface area (Å²) in [6.07, 6.45) is 0. The topological polar surface area (TPSA) is 78.3 Å². The molecule has 0 radical (unpaired) electrons. The normalized spacial score (nSPS) is 11.5. The molecule has 1 unspecified atom stereocenters. The van der Waals surface area contributed by atoms with Crippen molar-refractivity contribution in [2.45, 2.75) is 20.4 Å². The number of methoxy groups -OCH3 is 2. The van der Waals surface area contributed by atoms with E-state index in [-0.39, 0.29) is 19.1 Å². The Bertz CT molecular complexity index is 866. The van der Waals surface area contributed by atoms with Gasteiger partial charge in [0.1, 0.15) is 6.54 Å². The summed E-state index contributed by atoms with van der Waals surface area (Å²) < 4.78 is 15.7. The van der Waals surface area contributed by atoms with Crippen LogP contribution >= 0.6 is 0 Å². The number of nitrogens with one attached hydrogen (secondary N) is 2. The van der Waals surface area contributed by atoms with E-state index < -0.39 is 5.97 Å². The Labute approximate surface area is 171 Å². The molecule has 7 nitrogen and oxygen atoms in total. The summed E-state index contributed by atoms with van der Waals surface area (Å²) >= 11 is 0. The molecule has 0 bridgehead atoms. The van der Waals surface area contributed by atoms with Gasteiger partial charge in [-0.05, 0) is 43.7 Å². The number of likely N-dealkylation sites (N-methyl/N-ethyl adjacent to an activating group) is 1. The minimum absolute atomic E-state index is 0.183. The number of hydrogen-bond acceptors (Lipinski definition) is 5. The lowest BCUT2D eigenvalue weighted by Gasteiger charge is -2.17. The molecule has 1 atom stereocenters. The standard InChI is InChI=1S/C22H28N2O5/c1-6-29-22(26)17-9-7-8-10-18(17)23-21(25)14-24(3)13-16-12-20(28-5)19(27-4)11-15(16)2/h7-12H,6,13-14H2,1-5H3,(H,23,25)/p+1. The Balaban J connectivity index is 2.05. The summed E-state index contributed by atoms with van der Waals surface area (Å²) in [5.41, 5.74) is 2.93. The molecule has 2 aromatic rings. The molecule has 1 amide bonds. The number of para-hydroxylation sites is 1. The van der Waals surface area contributed by atoms with Crippen LogP contribution < -0.4 is 19.7 Å². The minimum atomic E-state index is -0.454. The van der Waals surface area contributed by atoms with Gasteiger partial charge in [0.2, 0.25) is 0 Å². The molecule has 156 valence electrons. The highest BCUT2D eigenvalue weighted by atomic mass is 16.5. The first-order valence-corrected chi connectivity index (χ1v) is 9.48. The molecule has 0 fully saturated rings. The zero-order chi connectivity index (χ0) is 21.4. The Kier molecular flexibility index (Phi) is 8.03. The van der Waals surface area contributed by atoms with Crippen LogP contribution in [-0.2, 0) is 16.1 Å². The maximum absolute atomic E-state index is 12.5. The van der Waals surface area contributed by atoms with Crippen molar-refractivity contribution in [3.05, 3.63) is 53.1 Å². The summed E-state index contributed by atoms with van der Waals surface area (Å²) in [4.78, 5) is 25.6. The van der Waals surface area contributed by atoms with E-state index in [1.165, 1.54) is 0 Å². The third-order valence-electron chi connectivity index (χ3n) is 4.49. The predicted octanol–water partition coefficient (Wildman–Crippen LogP) is 1.84. The summed E-state index contributed by atoms with van der Waals surface area (Å²) in [5.74, 6) is 0.705. The zero-order valence-electron chi connectivity index (χ0n) is 17.6. The molecule has 0 aliphatic carbocycles. The van der Waals surface area contributed by atoms with E-state index in [1.807, 2.05) is 26.1 Å². The molecule has 2 aromatic carbocycles. The Morgan fingerprint density at radius 2 is 1.72 bits per heavy atom. The Hall–Kier alpha value is -3.06. The van der Waals surface area contributed by atoms with Gasteiger partial charge in [0, 0.05) is 5.56 Å². The van der Waals surface area contributed by atoms with Gasteiger partial charge in [-0.2, -0.15) is 0 Å². The van der Waals surface area contributed by atoms with E-state index >= 15 is 0 Å². The number of esters is 1. The quantitative estimate of drug-likeness (QED) is 0.627. The number of anilines is 1. The van der Waals surface area contributed by atoms with Crippen molar-refractivity contribution in [3.8, 4) is 11.5 Å². The van der Waals surface area contributed by atoms with Crippen LogP contribution in [0.3, 0.4) is 0 Å². The summed E-state index contributed by atoms with van der Waals surface area (Å²) in [5, 5.41) is 2.82. The van der Waals surface area contributed by atoms with Gasteiger partial charge in [0.25, 0.3) is 5.91 Å². The van der Waals surface area contributed by atoms with Crippen LogP contribution in [0.5, 0.6) is 11.5 Å². The van der Waals surface area contributed by atoms with Crippen molar-refractivity contribution < 1.29 is 28.7 Å². The van der Waals surface area contributed by atoms with Gasteiger partial charge in [-0.3, -0.25) is 4.79 Å². The summed E-state index contributed by atoms with van der Waals surface area (Å²) in [6.45, 7) is 4.90. The van der Waals surface area contributed by atoms with Crippen LogP contribution in [0.4, 0.5) is 5.69 Å². The minimum Gasteiger partial charge on any atom is -0.493 e. The van der Waals surface area contributed by atoms with Gasteiger partial charge >= 0.3 is 5.97 Å². The van der Waals surface area contributed by atoms with Gasteiger partial charge in [-0.1, -0.05) is 12.1 Å². The first kappa shape index (κ1) is 22.2. The predicted molar refractivity (Wildman–Crippen MR) is 111 cm³/mol. The molecule has 2 rings (SSSR count). The third kappa shape index (κ3) is 5.96. The first-order chi connectivity index (χ1) is 13.9. The largest absolute Gasteiger partial charge is 0.493 e. The number of benzene rings is 2. The van der Waals surface area contributed by atoms with E-state index in [2.05, 4.69) is 5.32 Å². The molecule has 2 N–H and O–H groups in total. The molecular formula is C22H29N2O5+. The van der Waals surface area contributed by atoms with Crippen LogP contribution in [0.2, 0.25) is 0 Å². The third-order valence-corrected chi connectivity index (χ3v) is 4.49. The highest BCUT2D eigenvalue weighted by Gasteiger charge is 2.18. The lowest BCUT2D eigenvalue weighted by Crippen LogP contribution is -3.08. The van der Waals surface area contributed by atoms with Crippen LogP contribution in [0.15, 0.2) is 36.4 Å². The van der Waals surface area contributed by atoms with Crippen molar-refractivity contribution in [2.75, 3.05) is 39.7 Å². The molecule has 29 heavy (non-hydrogen) atoms. The van der Waals surface area contributed by atoms with Crippen LogP contribution in [0.25, 0.3) is 0 Å². The van der Waals surface area contributed by atoms with Crippen molar-refractivity contribution in [3.63, 3.8) is 0 Å². The summed E-state index contributed by atoms with van der Waals surface area (Å²) in [6, 6.07) is 10.7. The number of ether oxygens (including phenoxy) is 3. The molecule has 0 aromatic heterocycles. The molecule has 0 saturated heterocycles. The smallest absolute Gasteiger partial charge is 0.340 e. The average molecular weight is 401 g/mol. The molecule has 0 saturated carbocycles. The number of carbonyl (C=O) groups is 2. The maximum atomic E-state index is 12.5. The fourth-order valence-corrected chi connectivity index (χ4v) is 3.05. The van der Waals surface area contributed by atoms with E-state index in [1.54, 1.807) is 45.4 Å².